The van der Waals surface area contributed by atoms with Crippen LogP contribution < -0.4 is 0 Å². The maximum atomic E-state index is 9.20. The number of nitriles is 1. The van der Waals surface area contributed by atoms with Crippen LogP contribution in [0.15, 0.2) is 0 Å². The lowest BCUT2D eigenvalue weighted by molar-refractivity contribution is 0.827. The van der Waals surface area contributed by atoms with E-state index in [1.807, 2.05) is 13.8 Å². The SMILES string of the molecule is CCc1nc(C)c(C)c(C(C)C)c1C#N. The Hall–Kier alpha value is -1.36. The maximum Gasteiger partial charge on any atom is 0.101 e. The Bertz CT molecular complexity index is 412. The third-order valence-corrected chi connectivity index (χ3v) is 2.83. The summed E-state index contributed by atoms with van der Waals surface area (Å²) in [5.74, 6) is 0.381. The van der Waals surface area contributed by atoms with Gasteiger partial charge in [-0.2, -0.15) is 5.26 Å². The van der Waals surface area contributed by atoms with Crippen molar-refractivity contribution < 1.29 is 0 Å². The van der Waals surface area contributed by atoms with Crippen LogP contribution in [0.25, 0.3) is 0 Å². The van der Waals surface area contributed by atoms with Crippen molar-refractivity contribution in [1.29, 1.82) is 5.26 Å². The standard InChI is InChI=1S/C13H18N2/c1-6-12-11(7-14)13(8(2)3)9(4)10(5)15-12/h8H,6H2,1-5H3. The van der Waals surface area contributed by atoms with E-state index in [0.29, 0.717) is 5.92 Å². The Labute approximate surface area is 92.0 Å². The quantitative estimate of drug-likeness (QED) is 0.738. The molecule has 0 aliphatic rings. The van der Waals surface area contributed by atoms with E-state index in [1.165, 1.54) is 11.1 Å². The van der Waals surface area contributed by atoms with Crippen LogP contribution in [0.1, 0.15) is 54.8 Å². The highest BCUT2D eigenvalue weighted by atomic mass is 14.7. The molecule has 0 atom stereocenters. The summed E-state index contributed by atoms with van der Waals surface area (Å²) in [4.78, 5) is 4.48. The van der Waals surface area contributed by atoms with Crippen molar-refractivity contribution in [3.63, 3.8) is 0 Å². The molecule has 2 nitrogen and oxygen atoms in total. The fourth-order valence-corrected chi connectivity index (χ4v) is 1.98. The third-order valence-electron chi connectivity index (χ3n) is 2.83. The second-order valence-electron chi connectivity index (χ2n) is 4.18. The lowest BCUT2D eigenvalue weighted by Crippen LogP contribution is -2.06. The van der Waals surface area contributed by atoms with Crippen LogP contribution >= 0.6 is 0 Å². The highest BCUT2D eigenvalue weighted by Gasteiger charge is 2.16. The second kappa shape index (κ2) is 4.44. The smallest absolute Gasteiger partial charge is 0.101 e. The first-order valence-electron chi connectivity index (χ1n) is 5.42. The maximum absolute atomic E-state index is 9.20. The summed E-state index contributed by atoms with van der Waals surface area (Å²) in [6.45, 7) is 10.4. The molecule has 0 aliphatic heterocycles. The number of hydrogen-bond donors (Lipinski definition) is 0. The van der Waals surface area contributed by atoms with Crippen LogP contribution in [-0.2, 0) is 6.42 Å². The minimum absolute atomic E-state index is 0.381. The van der Waals surface area contributed by atoms with E-state index in [1.54, 1.807) is 0 Å². The zero-order chi connectivity index (χ0) is 11.6. The van der Waals surface area contributed by atoms with Crippen molar-refractivity contribution in [3.8, 4) is 6.07 Å². The Kier molecular flexibility index (Phi) is 3.47. The molecule has 0 aliphatic carbocycles. The molecule has 0 amide bonds. The van der Waals surface area contributed by atoms with Gasteiger partial charge in [-0.1, -0.05) is 20.8 Å². The van der Waals surface area contributed by atoms with Crippen LogP contribution in [-0.4, -0.2) is 4.98 Å². The number of rotatable bonds is 2. The van der Waals surface area contributed by atoms with Gasteiger partial charge in [0.15, 0.2) is 0 Å². The Morgan fingerprint density at radius 1 is 1.33 bits per heavy atom. The lowest BCUT2D eigenvalue weighted by atomic mass is 9.91. The molecule has 15 heavy (non-hydrogen) atoms. The molecule has 0 spiro atoms. The normalized spacial score (nSPS) is 10.5. The highest BCUT2D eigenvalue weighted by molar-refractivity contribution is 5.48. The van der Waals surface area contributed by atoms with Gasteiger partial charge in [0.25, 0.3) is 0 Å². The minimum Gasteiger partial charge on any atom is -0.257 e. The summed E-state index contributed by atoms with van der Waals surface area (Å²) in [5, 5.41) is 9.20. The minimum atomic E-state index is 0.381. The zero-order valence-corrected chi connectivity index (χ0v) is 10.2. The first kappa shape index (κ1) is 11.7. The van der Waals surface area contributed by atoms with E-state index in [-0.39, 0.29) is 0 Å². The second-order valence-corrected chi connectivity index (χ2v) is 4.18. The van der Waals surface area contributed by atoms with Crippen molar-refractivity contribution in [1.82, 2.24) is 4.98 Å². The van der Waals surface area contributed by atoms with Crippen molar-refractivity contribution >= 4 is 0 Å². The molecular formula is C13H18N2. The lowest BCUT2D eigenvalue weighted by Gasteiger charge is -2.16. The summed E-state index contributed by atoms with van der Waals surface area (Å²) in [6, 6.07) is 2.30. The fraction of sp³-hybridized carbons (Fsp3) is 0.538. The number of hydrogen-bond acceptors (Lipinski definition) is 2. The van der Waals surface area contributed by atoms with Gasteiger partial charge < -0.3 is 0 Å². The first-order valence-corrected chi connectivity index (χ1v) is 5.42. The van der Waals surface area contributed by atoms with Gasteiger partial charge in [-0.25, -0.2) is 0 Å². The van der Waals surface area contributed by atoms with E-state index in [0.717, 1.165) is 23.4 Å². The number of nitrogens with zero attached hydrogens (tertiary/aromatic N) is 2. The molecule has 80 valence electrons. The molecule has 1 aromatic rings. The van der Waals surface area contributed by atoms with E-state index in [9.17, 15) is 5.26 Å². The molecule has 0 unspecified atom stereocenters. The third kappa shape index (κ3) is 2.02. The molecule has 2 heteroatoms. The number of aryl methyl sites for hydroxylation is 2. The van der Waals surface area contributed by atoms with Crippen molar-refractivity contribution in [2.45, 2.75) is 47.0 Å². The molecule has 0 radical (unpaired) electrons. The van der Waals surface area contributed by atoms with Gasteiger partial charge in [-0.05, 0) is 37.3 Å². The largest absolute Gasteiger partial charge is 0.257 e. The van der Waals surface area contributed by atoms with Gasteiger partial charge in [0.05, 0.1) is 11.3 Å². The molecule has 0 aromatic carbocycles. The molecule has 1 aromatic heterocycles. The molecule has 0 fully saturated rings. The molecule has 0 saturated carbocycles. The van der Waals surface area contributed by atoms with Crippen molar-refractivity contribution in [3.05, 3.63) is 28.1 Å². The molecule has 0 N–H and O–H groups in total. The van der Waals surface area contributed by atoms with Crippen LogP contribution in [0.5, 0.6) is 0 Å². The zero-order valence-electron chi connectivity index (χ0n) is 10.2. The van der Waals surface area contributed by atoms with Crippen LogP contribution in [0, 0.1) is 25.2 Å². The Morgan fingerprint density at radius 3 is 2.33 bits per heavy atom. The Balaban J connectivity index is 3.59. The fourth-order valence-electron chi connectivity index (χ4n) is 1.98. The van der Waals surface area contributed by atoms with Crippen LogP contribution in [0.3, 0.4) is 0 Å². The van der Waals surface area contributed by atoms with Gasteiger partial charge in [-0.3, -0.25) is 4.98 Å². The summed E-state index contributed by atoms with van der Waals surface area (Å²) < 4.78 is 0. The molecular weight excluding hydrogens is 184 g/mol. The van der Waals surface area contributed by atoms with E-state index in [4.69, 9.17) is 0 Å². The Morgan fingerprint density at radius 2 is 1.93 bits per heavy atom. The van der Waals surface area contributed by atoms with Gasteiger partial charge in [0.2, 0.25) is 0 Å². The molecule has 0 bridgehead atoms. The molecule has 1 rings (SSSR count). The van der Waals surface area contributed by atoms with E-state index in [2.05, 4.69) is 31.8 Å². The van der Waals surface area contributed by atoms with Gasteiger partial charge in [0.1, 0.15) is 6.07 Å². The average molecular weight is 202 g/mol. The number of aromatic nitrogens is 1. The summed E-state index contributed by atoms with van der Waals surface area (Å²) in [7, 11) is 0. The molecule has 0 saturated heterocycles. The van der Waals surface area contributed by atoms with E-state index < -0.39 is 0 Å². The highest BCUT2D eigenvalue weighted by Crippen LogP contribution is 2.26. The van der Waals surface area contributed by atoms with Gasteiger partial charge >= 0.3 is 0 Å². The van der Waals surface area contributed by atoms with Crippen molar-refractivity contribution in [2.75, 3.05) is 0 Å². The monoisotopic (exact) mass is 202 g/mol. The first-order chi connectivity index (χ1) is 7.02. The predicted molar refractivity (Wildman–Crippen MR) is 61.9 cm³/mol. The summed E-state index contributed by atoms with van der Waals surface area (Å²) in [6.07, 6.45) is 0.823. The van der Waals surface area contributed by atoms with Gasteiger partial charge in [-0.15, -0.1) is 0 Å². The summed E-state index contributed by atoms with van der Waals surface area (Å²) >= 11 is 0. The number of pyridine rings is 1. The van der Waals surface area contributed by atoms with Crippen LogP contribution in [0.2, 0.25) is 0 Å². The molecule has 1 heterocycles. The summed E-state index contributed by atoms with van der Waals surface area (Å²) in [5.41, 5.74) is 5.11. The topological polar surface area (TPSA) is 36.7 Å². The predicted octanol–water partition coefficient (Wildman–Crippen LogP) is 3.26. The van der Waals surface area contributed by atoms with Crippen molar-refractivity contribution in [2.24, 2.45) is 0 Å². The average Bonchev–Trinajstić information content (AvgIpc) is 2.20. The van der Waals surface area contributed by atoms with Gasteiger partial charge in [0, 0.05) is 5.69 Å². The van der Waals surface area contributed by atoms with E-state index >= 15 is 0 Å². The van der Waals surface area contributed by atoms with Crippen LogP contribution in [0.4, 0.5) is 0 Å².